The molecule has 3 heteroatoms. The number of nitrogens with zero attached hydrogens (tertiary/aromatic N) is 1. The second kappa shape index (κ2) is 3.94. The van der Waals surface area contributed by atoms with Crippen molar-refractivity contribution in [2.45, 2.75) is 0 Å². The molecule has 0 aliphatic rings. The molecule has 3 nitrogen and oxygen atoms in total. The van der Waals surface area contributed by atoms with E-state index in [9.17, 15) is 0 Å². The Balaban J connectivity index is 2.07. The van der Waals surface area contributed by atoms with Crippen LogP contribution in [0.25, 0.3) is 22.6 Å². The number of hydrogen-bond acceptors (Lipinski definition) is 3. The van der Waals surface area contributed by atoms with Crippen molar-refractivity contribution >= 4 is 11.1 Å². The number of hydrogen-bond donors (Lipinski definition) is 0. The number of benzene rings is 2. The Bertz CT molecular complexity index is 608. The van der Waals surface area contributed by atoms with E-state index in [-0.39, 0.29) is 0 Å². The largest absolute Gasteiger partial charge is 0.490 e. The fourth-order valence-corrected chi connectivity index (χ4v) is 1.69. The molecule has 3 aromatic rings. The first-order valence-electron chi connectivity index (χ1n) is 5.25. The Kier molecular flexibility index (Phi) is 2.29. The first kappa shape index (κ1) is 9.90. The highest BCUT2D eigenvalue weighted by Gasteiger charge is 2.07. The third-order valence-corrected chi connectivity index (χ3v) is 2.56. The lowest BCUT2D eigenvalue weighted by atomic mass is 10.2. The van der Waals surface area contributed by atoms with Gasteiger partial charge in [0.2, 0.25) is 5.89 Å². The third kappa shape index (κ3) is 1.76. The minimum atomic E-state index is 0.613. The molecule has 0 atom stereocenters. The Labute approximate surface area is 98.7 Å². The summed E-state index contributed by atoms with van der Waals surface area (Å²) in [6.45, 7) is 0. The summed E-state index contributed by atoms with van der Waals surface area (Å²) in [5, 5.41) is 0. The summed E-state index contributed by atoms with van der Waals surface area (Å²) in [6.07, 6.45) is 0. The molecule has 0 bridgehead atoms. The maximum atomic E-state index is 5.66. The maximum Gasteiger partial charge on any atom is 0.227 e. The first-order chi connectivity index (χ1) is 8.36. The lowest BCUT2D eigenvalue weighted by Gasteiger charge is -1.98. The van der Waals surface area contributed by atoms with Gasteiger partial charge in [-0.25, -0.2) is 4.98 Å². The summed E-state index contributed by atoms with van der Waals surface area (Å²) in [5.41, 5.74) is 2.57. The van der Waals surface area contributed by atoms with Crippen molar-refractivity contribution in [2.24, 2.45) is 0 Å². The van der Waals surface area contributed by atoms with Crippen molar-refractivity contribution in [1.82, 2.24) is 4.98 Å². The average Bonchev–Trinajstić information content (AvgIpc) is 2.82. The van der Waals surface area contributed by atoms with Gasteiger partial charge >= 0.3 is 0 Å². The lowest BCUT2D eigenvalue weighted by Crippen LogP contribution is -1.80. The smallest absolute Gasteiger partial charge is 0.227 e. The van der Waals surface area contributed by atoms with Crippen molar-refractivity contribution in [2.75, 3.05) is 0 Å². The van der Waals surface area contributed by atoms with Gasteiger partial charge < -0.3 is 9.15 Å². The minimum Gasteiger partial charge on any atom is -0.490 e. The highest BCUT2D eigenvalue weighted by molar-refractivity contribution is 5.75. The van der Waals surface area contributed by atoms with Crippen molar-refractivity contribution in [3.63, 3.8) is 0 Å². The van der Waals surface area contributed by atoms with Crippen LogP contribution in [-0.4, -0.2) is 4.98 Å². The summed E-state index contributed by atoms with van der Waals surface area (Å²) in [6, 6.07) is 15.1. The fraction of sp³-hybridized carbons (Fsp3) is 0. The van der Waals surface area contributed by atoms with Gasteiger partial charge in [-0.1, -0.05) is 12.1 Å². The van der Waals surface area contributed by atoms with Crippen LogP contribution in [0.15, 0.2) is 52.9 Å². The quantitative estimate of drug-likeness (QED) is 0.666. The Morgan fingerprint density at radius 3 is 2.47 bits per heavy atom. The first-order valence-corrected chi connectivity index (χ1v) is 5.25. The molecule has 17 heavy (non-hydrogen) atoms. The zero-order chi connectivity index (χ0) is 11.7. The van der Waals surface area contributed by atoms with Crippen molar-refractivity contribution in [1.29, 1.82) is 0 Å². The molecule has 0 fully saturated rings. The summed E-state index contributed by atoms with van der Waals surface area (Å²) >= 11 is 0. The van der Waals surface area contributed by atoms with Gasteiger partial charge in [-0.15, -0.1) is 0 Å². The molecule has 1 aromatic heterocycles. The number of ether oxygens (including phenoxy) is 1. The molecule has 1 radical (unpaired) electrons. The molecule has 0 unspecified atom stereocenters. The molecular weight excluding hydrogens is 214 g/mol. The van der Waals surface area contributed by atoms with Crippen molar-refractivity contribution in [3.8, 4) is 17.2 Å². The van der Waals surface area contributed by atoms with Crippen LogP contribution >= 0.6 is 0 Å². The van der Waals surface area contributed by atoms with Crippen LogP contribution in [0.5, 0.6) is 5.75 Å². The summed E-state index contributed by atoms with van der Waals surface area (Å²) < 4.78 is 10.5. The molecule has 0 amide bonds. The normalized spacial score (nSPS) is 10.6. The highest BCUT2D eigenvalue weighted by atomic mass is 16.5. The molecule has 0 N–H and O–H groups in total. The van der Waals surface area contributed by atoms with Crippen LogP contribution in [-0.2, 0) is 0 Å². The molecule has 0 spiro atoms. The van der Waals surface area contributed by atoms with Crippen LogP contribution in [0.2, 0.25) is 0 Å². The topological polar surface area (TPSA) is 35.3 Å². The summed E-state index contributed by atoms with van der Waals surface area (Å²) in [5.74, 6) is 1.33. The van der Waals surface area contributed by atoms with Gasteiger partial charge in [0, 0.05) is 5.56 Å². The molecule has 0 aliphatic carbocycles. The van der Waals surface area contributed by atoms with E-state index in [0.717, 1.165) is 16.7 Å². The number of para-hydroxylation sites is 2. The highest BCUT2D eigenvalue weighted by Crippen LogP contribution is 2.25. The van der Waals surface area contributed by atoms with E-state index in [1.165, 1.54) is 0 Å². The van der Waals surface area contributed by atoms with Gasteiger partial charge in [-0.3, -0.25) is 0 Å². The predicted molar refractivity (Wildman–Crippen MR) is 65.4 cm³/mol. The van der Waals surface area contributed by atoms with Crippen molar-refractivity contribution < 1.29 is 9.15 Å². The Morgan fingerprint density at radius 1 is 1.00 bits per heavy atom. The number of oxazole rings is 1. The standard InChI is InChI=1S/C14H10NO2/c1-16-11-8-6-10(7-9-11)14-15-12-4-2-3-5-13(12)17-14/h2-9H,1H2. The van der Waals surface area contributed by atoms with Gasteiger partial charge in [0.15, 0.2) is 5.58 Å². The van der Waals surface area contributed by atoms with Gasteiger partial charge in [0.25, 0.3) is 0 Å². The van der Waals surface area contributed by atoms with Crippen LogP contribution < -0.4 is 4.74 Å². The zero-order valence-corrected chi connectivity index (χ0v) is 9.09. The SMILES string of the molecule is [CH2]Oc1ccc(-c2nc3ccccc3o2)cc1. The predicted octanol–water partition coefficient (Wildman–Crippen LogP) is 3.67. The van der Waals surface area contributed by atoms with E-state index >= 15 is 0 Å². The summed E-state index contributed by atoms with van der Waals surface area (Å²) in [7, 11) is 3.35. The monoisotopic (exact) mass is 224 g/mol. The van der Waals surface area contributed by atoms with E-state index in [4.69, 9.17) is 9.15 Å². The Hall–Kier alpha value is -2.29. The third-order valence-electron chi connectivity index (χ3n) is 2.56. The van der Waals surface area contributed by atoms with Gasteiger partial charge in [0.05, 0.1) is 0 Å². The van der Waals surface area contributed by atoms with Gasteiger partial charge in [0.1, 0.15) is 18.4 Å². The number of aromatic nitrogens is 1. The molecular formula is C14H10NO2. The van der Waals surface area contributed by atoms with Crippen LogP contribution in [0.3, 0.4) is 0 Å². The van der Waals surface area contributed by atoms with Crippen LogP contribution in [0.4, 0.5) is 0 Å². The molecule has 0 saturated heterocycles. The van der Waals surface area contributed by atoms with Gasteiger partial charge in [-0.2, -0.15) is 0 Å². The van der Waals surface area contributed by atoms with E-state index in [1.807, 2.05) is 48.5 Å². The van der Waals surface area contributed by atoms with E-state index < -0.39 is 0 Å². The molecule has 0 aliphatic heterocycles. The molecule has 1 heterocycles. The zero-order valence-electron chi connectivity index (χ0n) is 9.09. The molecule has 3 rings (SSSR count). The fourth-order valence-electron chi connectivity index (χ4n) is 1.69. The van der Waals surface area contributed by atoms with E-state index in [1.54, 1.807) is 0 Å². The molecule has 83 valence electrons. The van der Waals surface area contributed by atoms with E-state index in [0.29, 0.717) is 11.6 Å². The Morgan fingerprint density at radius 2 is 1.76 bits per heavy atom. The van der Waals surface area contributed by atoms with E-state index in [2.05, 4.69) is 12.1 Å². The minimum absolute atomic E-state index is 0.613. The van der Waals surface area contributed by atoms with Crippen LogP contribution in [0.1, 0.15) is 0 Å². The average molecular weight is 224 g/mol. The molecule has 0 saturated carbocycles. The summed E-state index contributed by atoms with van der Waals surface area (Å²) in [4.78, 5) is 4.42. The number of rotatable bonds is 2. The number of fused-ring (bicyclic) bond motifs is 1. The molecule has 2 aromatic carbocycles. The van der Waals surface area contributed by atoms with Crippen molar-refractivity contribution in [3.05, 3.63) is 55.6 Å². The second-order valence-electron chi connectivity index (χ2n) is 3.66. The second-order valence-corrected chi connectivity index (χ2v) is 3.66. The maximum absolute atomic E-state index is 5.66. The van der Waals surface area contributed by atoms with Gasteiger partial charge in [-0.05, 0) is 36.4 Å². The van der Waals surface area contributed by atoms with Crippen LogP contribution in [0, 0.1) is 7.11 Å². The lowest BCUT2D eigenvalue weighted by molar-refractivity contribution is 0.473.